The van der Waals surface area contributed by atoms with Gasteiger partial charge in [0.15, 0.2) is 0 Å². The average molecular weight is 239 g/mol. The Morgan fingerprint density at radius 3 is 2.73 bits per heavy atom. The summed E-state index contributed by atoms with van der Waals surface area (Å²) < 4.78 is 0. The van der Waals surface area contributed by atoms with Crippen LogP contribution >= 0.6 is 22.9 Å². The SMILES string of the molecule is O=NCc1sc(-c2ccccc2)nc1Cl. The van der Waals surface area contributed by atoms with Gasteiger partial charge < -0.3 is 0 Å². The molecule has 0 aliphatic carbocycles. The number of rotatable bonds is 3. The molecular weight excluding hydrogens is 232 g/mol. The van der Waals surface area contributed by atoms with Crippen LogP contribution in [0.2, 0.25) is 5.15 Å². The lowest BCUT2D eigenvalue weighted by atomic mass is 10.2. The molecule has 0 atom stereocenters. The van der Waals surface area contributed by atoms with E-state index in [4.69, 9.17) is 11.6 Å². The summed E-state index contributed by atoms with van der Waals surface area (Å²) in [7, 11) is 0. The quantitative estimate of drug-likeness (QED) is 0.765. The molecule has 0 amide bonds. The molecule has 0 saturated heterocycles. The van der Waals surface area contributed by atoms with Crippen LogP contribution in [0.5, 0.6) is 0 Å². The maximum atomic E-state index is 10.1. The molecule has 0 aliphatic heterocycles. The molecule has 0 aliphatic rings. The lowest BCUT2D eigenvalue weighted by molar-refractivity contribution is 1.08. The number of nitrogens with zero attached hydrogens (tertiary/aromatic N) is 2. The van der Waals surface area contributed by atoms with Crippen molar-refractivity contribution in [3.8, 4) is 10.6 Å². The van der Waals surface area contributed by atoms with Gasteiger partial charge in [-0.15, -0.1) is 11.3 Å². The second-order valence-electron chi connectivity index (χ2n) is 2.89. The highest BCUT2D eigenvalue weighted by Crippen LogP contribution is 2.30. The van der Waals surface area contributed by atoms with E-state index in [-0.39, 0.29) is 6.54 Å². The first-order valence-electron chi connectivity index (χ1n) is 4.31. The molecule has 15 heavy (non-hydrogen) atoms. The Morgan fingerprint density at radius 1 is 1.33 bits per heavy atom. The molecule has 2 rings (SSSR count). The lowest BCUT2D eigenvalue weighted by Crippen LogP contribution is -1.74. The van der Waals surface area contributed by atoms with Crippen LogP contribution in [0.4, 0.5) is 0 Å². The molecule has 0 radical (unpaired) electrons. The maximum absolute atomic E-state index is 10.1. The van der Waals surface area contributed by atoms with Crippen molar-refractivity contribution < 1.29 is 0 Å². The third-order valence-corrected chi connectivity index (χ3v) is 3.39. The molecule has 0 saturated carbocycles. The van der Waals surface area contributed by atoms with E-state index in [9.17, 15) is 4.91 Å². The molecular formula is C10H7ClN2OS. The van der Waals surface area contributed by atoms with Crippen molar-refractivity contribution in [3.63, 3.8) is 0 Å². The van der Waals surface area contributed by atoms with E-state index >= 15 is 0 Å². The van der Waals surface area contributed by atoms with Crippen LogP contribution in [0.15, 0.2) is 35.5 Å². The zero-order valence-corrected chi connectivity index (χ0v) is 9.26. The highest BCUT2D eigenvalue weighted by molar-refractivity contribution is 7.15. The molecule has 1 aromatic heterocycles. The molecule has 3 nitrogen and oxygen atoms in total. The van der Waals surface area contributed by atoms with Crippen molar-refractivity contribution in [2.24, 2.45) is 5.18 Å². The van der Waals surface area contributed by atoms with E-state index in [1.807, 2.05) is 30.3 Å². The molecule has 2 aromatic rings. The molecule has 5 heteroatoms. The van der Waals surface area contributed by atoms with Crippen molar-refractivity contribution in [1.82, 2.24) is 4.98 Å². The topological polar surface area (TPSA) is 42.3 Å². The zero-order chi connectivity index (χ0) is 10.7. The summed E-state index contributed by atoms with van der Waals surface area (Å²) in [5.41, 5.74) is 1.00. The molecule has 1 aromatic carbocycles. The highest BCUT2D eigenvalue weighted by atomic mass is 35.5. The molecule has 0 unspecified atom stereocenters. The smallest absolute Gasteiger partial charge is 0.145 e. The second kappa shape index (κ2) is 4.51. The summed E-state index contributed by atoms with van der Waals surface area (Å²) in [4.78, 5) is 15.0. The summed E-state index contributed by atoms with van der Waals surface area (Å²) >= 11 is 7.27. The molecule has 76 valence electrons. The van der Waals surface area contributed by atoms with E-state index in [2.05, 4.69) is 10.2 Å². The predicted molar refractivity (Wildman–Crippen MR) is 62.1 cm³/mol. The first-order valence-corrected chi connectivity index (χ1v) is 5.50. The van der Waals surface area contributed by atoms with Crippen LogP contribution in [-0.2, 0) is 6.54 Å². The van der Waals surface area contributed by atoms with Gasteiger partial charge in [0.2, 0.25) is 0 Å². The zero-order valence-electron chi connectivity index (χ0n) is 7.68. The number of halogens is 1. The Labute approximate surface area is 95.7 Å². The van der Waals surface area contributed by atoms with Gasteiger partial charge in [-0.1, -0.05) is 47.1 Å². The number of hydrogen-bond acceptors (Lipinski definition) is 4. The van der Waals surface area contributed by atoms with Gasteiger partial charge >= 0.3 is 0 Å². The molecule has 1 heterocycles. The van der Waals surface area contributed by atoms with E-state index in [1.54, 1.807) is 0 Å². The van der Waals surface area contributed by atoms with Crippen molar-refractivity contribution in [2.75, 3.05) is 0 Å². The number of thiazole rings is 1. The monoisotopic (exact) mass is 238 g/mol. The van der Waals surface area contributed by atoms with Crippen molar-refractivity contribution in [1.29, 1.82) is 0 Å². The summed E-state index contributed by atoms with van der Waals surface area (Å²) in [6.07, 6.45) is 0. The normalized spacial score (nSPS) is 10.2. The fraction of sp³-hybridized carbons (Fsp3) is 0.100. The van der Waals surface area contributed by atoms with Gasteiger partial charge in [0.05, 0.1) is 4.88 Å². The highest BCUT2D eigenvalue weighted by Gasteiger charge is 2.10. The Morgan fingerprint density at radius 2 is 2.07 bits per heavy atom. The van der Waals surface area contributed by atoms with E-state index in [0.717, 1.165) is 10.6 Å². The lowest BCUT2D eigenvalue weighted by Gasteiger charge is -1.92. The number of hydrogen-bond donors (Lipinski definition) is 0. The summed E-state index contributed by atoms with van der Waals surface area (Å²) in [5.74, 6) is 0. The third-order valence-electron chi connectivity index (χ3n) is 1.88. The fourth-order valence-corrected chi connectivity index (χ4v) is 2.37. The maximum Gasteiger partial charge on any atom is 0.145 e. The predicted octanol–water partition coefficient (Wildman–Crippen LogP) is 3.73. The van der Waals surface area contributed by atoms with Gasteiger partial charge in [-0.2, -0.15) is 4.91 Å². The first kappa shape index (κ1) is 10.3. The van der Waals surface area contributed by atoms with Crippen LogP contribution in [-0.4, -0.2) is 4.98 Å². The first-order chi connectivity index (χ1) is 7.31. The van der Waals surface area contributed by atoms with Crippen molar-refractivity contribution in [2.45, 2.75) is 6.54 Å². The molecule has 0 fully saturated rings. The average Bonchev–Trinajstić information content (AvgIpc) is 2.63. The Balaban J connectivity index is 2.38. The fourth-order valence-electron chi connectivity index (χ4n) is 1.19. The number of aromatic nitrogens is 1. The Bertz CT molecular complexity index is 470. The van der Waals surface area contributed by atoms with Gasteiger partial charge in [0, 0.05) is 5.56 Å². The van der Waals surface area contributed by atoms with E-state index < -0.39 is 0 Å². The van der Waals surface area contributed by atoms with Crippen LogP contribution in [0, 0.1) is 4.91 Å². The molecule has 0 spiro atoms. The summed E-state index contributed by atoms with van der Waals surface area (Å²) in [6.45, 7) is 0.0866. The van der Waals surface area contributed by atoms with Crippen LogP contribution < -0.4 is 0 Å². The summed E-state index contributed by atoms with van der Waals surface area (Å²) in [5, 5.41) is 4.00. The minimum atomic E-state index is 0.0866. The largest absolute Gasteiger partial charge is 0.224 e. The second-order valence-corrected chi connectivity index (χ2v) is 4.33. The van der Waals surface area contributed by atoms with Gasteiger partial charge in [-0.05, 0) is 0 Å². The van der Waals surface area contributed by atoms with Crippen LogP contribution in [0.1, 0.15) is 4.88 Å². The van der Waals surface area contributed by atoms with Crippen LogP contribution in [0.3, 0.4) is 0 Å². The summed E-state index contributed by atoms with van der Waals surface area (Å²) in [6, 6.07) is 9.71. The van der Waals surface area contributed by atoms with E-state index in [0.29, 0.717) is 10.0 Å². The van der Waals surface area contributed by atoms with Gasteiger partial charge in [-0.25, -0.2) is 4.98 Å². The van der Waals surface area contributed by atoms with Gasteiger partial charge in [0.1, 0.15) is 16.7 Å². The number of nitroso groups, excluding NO2 is 1. The van der Waals surface area contributed by atoms with Gasteiger partial charge in [0.25, 0.3) is 0 Å². The minimum Gasteiger partial charge on any atom is -0.224 e. The van der Waals surface area contributed by atoms with E-state index in [1.165, 1.54) is 11.3 Å². The minimum absolute atomic E-state index is 0.0866. The van der Waals surface area contributed by atoms with Crippen molar-refractivity contribution >= 4 is 22.9 Å². The third kappa shape index (κ3) is 2.22. The van der Waals surface area contributed by atoms with Gasteiger partial charge in [-0.3, -0.25) is 0 Å². The van der Waals surface area contributed by atoms with Crippen molar-refractivity contribution in [3.05, 3.63) is 45.3 Å². The van der Waals surface area contributed by atoms with Crippen LogP contribution in [0.25, 0.3) is 10.6 Å². The Hall–Kier alpha value is -1.26. The standard InChI is InChI=1S/C10H7ClN2OS/c11-9-8(6-12-14)15-10(13-9)7-4-2-1-3-5-7/h1-5H,6H2. The molecule has 0 bridgehead atoms. The Kier molecular flexibility index (Phi) is 3.08. The number of benzene rings is 1. The molecule has 0 N–H and O–H groups in total.